The van der Waals surface area contributed by atoms with Crippen LogP contribution in [0.2, 0.25) is 5.15 Å². The van der Waals surface area contributed by atoms with Gasteiger partial charge in [0.15, 0.2) is 0 Å². The third-order valence-electron chi connectivity index (χ3n) is 2.82. The van der Waals surface area contributed by atoms with Gasteiger partial charge in [0.25, 0.3) is 0 Å². The molecule has 0 fully saturated rings. The number of aromatic nitrogens is 2. The molecule has 2 nitrogen and oxygen atoms in total. The summed E-state index contributed by atoms with van der Waals surface area (Å²) in [5, 5.41) is 0.400. The minimum Gasteiger partial charge on any atom is -0.232 e. The van der Waals surface area contributed by atoms with E-state index in [0.717, 1.165) is 5.56 Å². The van der Waals surface area contributed by atoms with Crippen LogP contribution in [-0.4, -0.2) is 9.97 Å². The first-order valence-electron chi connectivity index (χ1n) is 6.09. The van der Waals surface area contributed by atoms with Crippen LogP contribution >= 0.6 is 11.6 Å². The normalized spacial score (nSPS) is 11.7. The summed E-state index contributed by atoms with van der Waals surface area (Å²) in [4.78, 5) is 8.78. The maximum Gasteiger partial charge on any atom is 0.136 e. The zero-order valence-corrected chi connectivity index (χ0v) is 12.2. The van der Waals surface area contributed by atoms with Crippen LogP contribution in [0.15, 0.2) is 24.3 Å². The van der Waals surface area contributed by atoms with Crippen LogP contribution in [0.1, 0.15) is 32.2 Å². The van der Waals surface area contributed by atoms with Crippen LogP contribution in [-0.2, 0) is 5.41 Å². The lowest BCUT2D eigenvalue weighted by molar-refractivity contribution is 0.546. The molecule has 4 heteroatoms. The molecule has 1 aromatic carbocycles. The average Bonchev–Trinajstić information content (AvgIpc) is 2.31. The number of rotatable bonds is 1. The monoisotopic (exact) mass is 278 g/mol. The van der Waals surface area contributed by atoms with Crippen molar-refractivity contribution >= 4 is 11.6 Å². The molecule has 0 atom stereocenters. The van der Waals surface area contributed by atoms with Gasteiger partial charge in [0, 0.05) is 17.0 Å². The number of nitrogens with zero attached hydrogens (tertiary/aromatic N) is 2. The highest BCUT2D eigenvalue weighted by Gasteiger charge is 2.19. The highest BCUT2D eigenvalue weighted by Crippen LogP contribution is 2.26. The Morgan fingerprint density at radius 1 is 1.11 bits per heavy atom. The molecule has 1 heterocycles. The van der Waals surface area contributed by atoms with Crippen LogP contribution in [0, 0.1) is 12.7 Å². The van der Waals surface area contributed by atoms with E-state index >= 15 is 0 Å². The highest BCUT2D eigenvalue weighted by molar-refractivity contribution is 6.29. The third kappa shape index (κ3) is 3.10. The van der Waals surface area contributed by atoms with Gasteiger partial charge in [-0.15, -0.1) is 0 Å². The number of aryl methyl sites for hydroxylation is 1. The Balaban J connectivity index is 2.56. The molecule has 0 aliphatic carbocycles. The largest absolute Gasteiger partial charge is 0.232 e. The van der Waals surface area contributed by atoms with Gasteiger partial charge in [0.2, 0.25) is 0 Å². The smallest absolute Gasteiger partial charge is 0.136 e. The SMILES string of the molecule is Cc1cc(-c2cc(Cl)nc(C(C)(C)C)n2)ccc1F. The van der Waals surface area contributed by atoms with E-state index in [4.69, 9.17) is 11.6 Å². The van der Waals surface area contributed by atoms with Gasteiger partial charge in [0.05, 0.1) is 5.69 Å². The molecule has 0 unspecified atom stereocenters. The number of hydrogen-bond donors (Lipinski definition) is 0. The van der Waals surface area contributed by atoms with Crippen molar-refractivity contribution in [1.82, 2.24) is 9.97 Å². The first-order chi connectivity index (χ1) is 8.77. The Labute approximate surface area is 117 Å². The summed E-state index contributed by atoms with van der Waals surface area (Å²) < 4.78 is 13.3. The van der Waals surface area contributed by atoms with Gasteiger partial charge < -0.3 is 0 Å². The van der Waals surface area contributed by atoms with Gasteiger partial charge in [-0.1, -0.05) is 32.4 Å². The summed E-state index contributed by atoms with van der Waals surface area (Å²) in [6.07, 6.45) is 0. The van der Waals surface area contributed by atoms with E-state index < -0.39 is 0 Å². The first kappa shape index (κ1) is 13.9. The van der Waals surface area contributed by atoms with Gasteiger partial charge in [-0.3, -0.25) is 0 Å². The number of halogens is 2. The van der Waals surface area contributed by atoms with Crippen molar-refractivity contribution in [3.8, 4) is 11.3 Å². The third-order valence-corrected chi connectivity index (χ3v) is 3.01. The van der Waals surface area contributed by atoms with Crippen molar-refractivity contribution in [3.63, 3.8) is 0 Å². The van der Waals surface area contributed by atoms with Crippen molar-refractivity contribution < 1.29 is 4.39 Å². The molecule has 2 aromatic rings. The van der Waals surface area contributed by atoms with Gasteiger partial charge in [-0.25, -0.2) is 14.4 Å². The molecule has 0 saturated heterocycles. The summed E-state index contributed by atoms with van der Waals surface area (Å²) in [5.74, 6) is 0.455. The maximum atomic E-state index is 13.3. The molecule has 0 bridgehead atoms. The number of benzene rings is 1. The van der Waals surface area contributed by atoms with E-state index in [1.54, 1.807) is 25.1 Å². The molecule has 0 aliphatic heterocycles. The summed E-state index contributed by atoms with van der Waals surface area (Å²) in [6.45, 7) is 7.81. The van der Waals surface area contributed by atoms with Crippen LogP contribution in [0.5, 0.6) is 0 Å². The number of hydrogen-bond acceptors (Lipinski definition) is 2. The predicted octanol–water partition coefficient (Wildman–Crippen LogP) is 4.54. The highest BCUT2D eigenvalue weighted by atomic mass is 35.5. The van der Waals surface area contributed by atoms with Crippen LogP contribution < -0.4 is 0 Å². The Hall–Kier alpha value is -1.48. The summed E-state index contributed by atoms with van der Waals surface area (Å²) in [6, 6.07) is 6.61. The second-order valence-corrected chi connectivity index (χ2v) is 6.00. The lowest BCUT2D eigenvalue weighted by Crippen LogP contribution is -2.16. The van der Waals surface area contributed by atoms with Crippen molar-refractivity contribution in [2.75, 3.05) is 0 Å². The van der Waals surface area contributed by atoms with Crippen molar-refractivity contribution in [1.29, 1.82) is 0 Å². The second-order valence-electron chi connectivity index (χ2n) is 5.61. The van der Waals surface area contributed by atoms with Crippen LogP contribution in [0.25, 0.3) is 11.3 Å². The zero-order valence-electron chi connectivity index (χ0n) is 11.5. The van der Waals surface area contributed by atoms with Gasteiger partial charge >= 0.3 is 0 Å². The molecular formula is C15H16ClFN2. The quantitative estimate of drug-likeness (QED) is 0.716. The Morgan fingerprint density at radius 3 is 2.37 bits per heavy atom. The molecule has 0 aliphatic rings. The summed E-state index contributed by atoms with van der Waals surface area (Å²) in [7, 11) is 0. The van der Waals surface area contributed by atoms with Gasteiger partial charge in [0.1, 0.15) is 16.8 Å². The second kappa shape index (κ2) is 4.89. The van der Waals surface area contributed by atoms with Crippen molar-refractivity contribution in [2.24, 2.45) is 0 Å². The topological polar surface area (TPSA) is 25.8 Å². The fourth-order valence-corrected chi connectivity index (χ4v) is 1.89. The molecule has 0 radical (unpaired) electrons. The Kier molecular flexibility index (Phi) is 3.59. The zero-order chi connectivity index (χ0) is 14.2. The fraction of sp³-hybridized carbons (Fsp3) is 0.333. The Bertz CT molecular complexity index is 618. The van der Waals surface area contributed by atoms with E-state index in [9.17, 15) is 4.39 Å². The molecule has 19 heavy (non-hydrogen) atoms. The van der Waals surface area contributed by atoms with E-state index in [1.807, 2.05) is 20.8 Å². The summed E-state index contributed by atoms with van der Waals surface area (Å²) >= 11 is 6.05. The lowest BCUT2D eigenvalue weighted by atomic mass is 9.95. The minimum absolute atomic E-state index is 0.186. The van der Waals surface area contributed by atoms with Crippen molar-refractivity contribution in [3.05, 3.63) is 46.6 Å². The molecule has 2 rings (SSSR count). The van der Waals surface area contributed by atoms with E-state index in [1.165, 1.54) is 6.07 Å². The van der Waals surface area contributed by atoms with Crippen LogP contribution in [0.3, 0.4) is 0 Å². The molecule has 0 amide bonds. The van der Waals surface area contributed by atoms with Crippen molar-refractivity contribution in [2.45, 2.75) is 33.1 Å². The first-order valence-corrected chi connectivity index (χ1v) is 6.47. The average molecular weight is 279 g/mol. The standard InChI is InChI=1S/C15H16ClFN2/c1-9-7-10(5-6-11(9)17)12-8-13(16)19-14(18-12)15(2,3)4/h5-8H,1-4H3. The maximum absolute atomic E-state index is 13.3. The lowest BCUT2D eigenvalue weighted by Gasteiger charge is -2.17. The molecule has 0 N–H and O–H groups in total. The molecular weight excluding hydrogens is 263 g/mol. The van der Waals surface area contributed by atoms with E-state index in [2.05, 4.69) is 9.97 Å². The fourth-order valence-electron chi connectivity index (χ4n) is 1.70. The molecule has 1 aromatic heterocycles. The van der Waals surface area contributed by atoms with Gasteiger partial charge in [-0.2, -0.15) is 0 Å². The van der Waals surface area contributed by atoms with Crippen LogP contribution in [0.4, 0.5) is 4.39 Å². The summed E-state index contributed by atoms with van der Waals surface area (Å²) in [5.41, 5.74) is 1.96. The van der Waals surface area contributed by atoms with E-state index in [0.29, 0.717) is 22.2 Å². The minimum atomic E-state index is -0.222. The van der Waals surface area contributed by atoms with E-state index in [-0.39, 0.29) is 11.2 Å². The Morgan fingerprint density at radius 2 is 1.79 bits per heavy atom. The molecule has 0 saturated carbocycles. The van der Waals surface area contributed by atoms with Gasteiger partial charge in [-0.05, 0) is 30.7 Å². The molecule has 100 valence electrons. The predicted molar refractivity (Wildman–Crippen MR) is 75.9 cm³/mol. The molecule has 0 spiro atoms.